The number of carbonyl (C=O) groups is 1. The third-order valence-corrected chi connectivity index (χ3v) is 6.81. The maximum Gasteiger partial charge on any atom is 0.578 e. The second-order valence-electron chi connectivity index (χ2n) is 7.91. The highest BCUT2D eigenvalue weighted by atomic mass is 32.2. The number of hydrogen-bond acceptors (Lipinski definition) is 5. The highest BCUT2D eigenvalue weighted by Crippen LogP contribution is 2.35. The molecule has 10 heteroatoms. The monoisotopic (exact) mass is 500 g/mol. The second kappa shape index (κ2) is 9.37. The lowest BCUT2D eigenvalue weighted by atomic mass is 10.0. The number of amides is 1. The quantitative estimate of drug-likeness (QED) is 0.357. The van der Waals surface area contributed by atoms with Crippen LogP contribution < -0.4 is 0 Å². The minimum Gasteiger partial charge on any atom is -0.604 e. The van der Waals surface area contributed by atoms with E-state index in [-0.39, 0.29) is 10.8 Å². The van der Waals surface area contributed by atoms with Crippen molar-refractivity contribution in [3.8, 4) is 22.5 Å². The third-order valence-electron chi connectivity index (χ3n) is 5.69. The molecule has 180 valence electrons. The fraction of sp³-hybridized carbons (Fsp3) is 0.200. The lowest BCUT2D eigenvalue weighted by molar-refractivity contribution is -0.0435. The highest BCUT2D eigenvalue weighted by Gasteiger charge is 2.46. The number of fused-ring (bicyclic) bond motifs is 1. The van der Waals surface area contributed by atoms with E-state index in [1.165, 1.54) is 24.3 Å². The molecule has 1 aliphatic heterocycles. The van der Waals surface area contributed by atoms with Crippen molar-refractivity contribution in [2.24, 2.45) is 0 Å². The zero-order valence-electron chi connectivity index (χ0n) is 18.2. The maximum absolute atomic E-state index is 12.9. The van der Waals surface area contributed by atoms with Gasteiger partial charge in [0, 0.05) is 42.0 Å². The molecule has 0 radical (unpaired) electrons. The molecule has 0 spiro atoms. The summed E-state index contributed by atoms with van der Waals surface area (Å²) in [6, 6.07) is 15.9. The van der Waals surface area contributed by atoms with Crippen molar-refractivity contribution < 1.29 is 31.7 Å². The van der Waals surface area contributed by atoms with Crippen molar-refractivity contribution in [3.05, 3.63) is 72.4 Å². The Morgan fingerprint density at radius 1 is 1.00 bits per heavy atom. The van der Waals surface area contributed by atoms with Gasteiger partial charge in [-0.25, -0.2) is 0 Å². The smallest absolute Gasteiger partial charge is 0.578 e. The fourth-order valence-electron chi connectivity index (χ4n) is 3.95. The first-order valence-corrected chi connectivity index (χ1v) is 11.9. The molecule has 2 aromatic heterocycles. The summed E-state index contributed by atoms with van der Waals surface area (Å²) >= 11 is -3.10. The first-order valence-electron chi connectivity index (χ1n) is 10.8. The predicted molar refractivity (Wildman–Crippen MR) is 124 cm³/mol. The van der Waals surface area contributed by atoms with Crippen molar-refractivity contribution >= 4 is 28.2 Å². The minimum atomic E-state index is -4.82. The highest BCUT2D eigenvalue weighted by molar-refractivity contribution is 7.92. The molecule has 1 amide bonds. The number of carbonyl (C=O) groups excluding carboxylic acids is 1. The van der Waals surface area contributed by atoms with E-state index >= 15 is 0 Å². The van der Waals surface area contributed by atoms with Gasteiger partial charge in [0.25, 0.3) is 5.91 Å². The first-order chi connectivity index (χ1) is 16.8. The number of furan rings is 1. The van der Waals surface area contributed by atoms with Crippen molar-refractivity contribution in [1.82, 2.24) is 9.88 Å². The van der Waals surface area contributed by atoms with Crippen molar-refractivity contribution in [2.45, 2.75) is 10.4 Å². The largest absolute Gasteiger partial charge is 0.604 e. The summed E-state index contributed by atoms with van der Waals surface area (Å²) in [7, 11) is 0. The molecule has 0 N–H and O–H groups in total. The Morgan fingerprint density at radius 3 is 2.46 bits per heavy atom. The van der Waals surface area contributed by atoms with Crippen LogP contribution in [0.5, 0.6) is 0 Å². The molecule has 1 saturated heterocycles. The van der Waals surface area contributed by atoms with Crippen molar-refractivity contribution in [1.29, 1.82) is 0 Å². The number of alkyl halides is 3. The van der Waals surface area contributed by atoms with Crippen LogP contribution in [0.3, 0.4) is 0 Å². The van der Waals surface area contributed by atoms with Crippen molar-refractivity contribution in [2.75, 3.05) is 26.3 Å². The molecule has 1 aliphatic rings. The van der Waals surface area contributed by atoms with Gasteiger partial charge < -0.3 is 18.6 Å². The minimum absolute atomic E-state index is 0.0723. The van der Waals surface area contributed by atoms with Gasteiger partial charge in [-0.3, -0.25) is 9.78 Å². The molecule has 0 aliphatic carbocycles. The summed E-state index contributed by atoms with van der Waals surface area (Å²) in [4.78, 5) is 18.7. The Morgan fingerprint density at radius 2 is 1.74 bits per heavy atom. The van der Waals surface area contributed by atoms with E-state index in [2.05, 4.69) is 4.98 Å². The molecule has 5 rings (SSSR count). The topological polar surface area (TPSA) is 78.6 Å². The van der Waals surface area contributed by atoms with Crippen LogP contribution in [-0.4, -0.2) is 52.2 Å². The van der Waals surface area contributed by atoms with Gasteiger partial charge in [-0.05, 0) is 48.0 Å². The SMILES string of the molecule is O=C(c1cccc(-c2ccnc3cc(-c4ccc([S+]([O-])C(F)(F)F)cc4)oc23)c1)N1CCOCC1. The van der Waals surface area contributed by atoms with E-state index in [1.807, 2.05) is 6.07 Å². The number of pyridine rings is 1. The number of morpholine rings is 1. The van der Waals surface area contributed by atoms with Gasteiger partial charge in [0.15, 0.2) is 10.5 Å². The molecule has 1 unspecified atom stereocenters. The fourth-order valence-corrected chi connectivity index (χ4v) is 4.60. The number of nitrogens with zero attached hydrogens (tertiary/aromatic N) is 2. The lowest BCUT2D eigenvalue weighted by Crippen LogP contribution is -2.40. The van der Waals surface area contributed by atoms with Crippen LogP contribution in [0.4, 0.5) is 13.2 Å². The molecule has 1 fully saturated rings. The van der Waals surface area contributed by atoms with Gasteiger partial charge in [-0.15, -0.1) is 13.2 Å². The Balaban J connectivity index is 1.46. The van der Waals surface area contributed by atoms with Gasteiger partial charge >= 0.3 is 5.51 Å². The number of rotatable bonds is 4. The number of benzene rings is 2. The number of hydrogen-bond donors (Lipinski definition) is 0. The number of ether oxygens (including phenoxy) is 1. The van der Waals surface area contributed by atoms with E-state index < -0.39 is 16.7 Å². The van der Waals surface area contributed by atoms with Crippen LogP contribution in [0.15, 0.2) is 76.2 Å². The Labute approximate surface area is 201 Å². The van der Waals surface area contributed by atoms with Crippen molar-refractivity contribution in [3.63, 3.8) is 0 Å². The summed E-state index contributed by atoms with van der Waals surface area (Å²) < 4.78 is 61.1. The van der Waals surface area contributed by atoms with Crippen LogP contribution >= 0.6 is 0 Å². The second-order valence-corrected chi connectivity index (χ2v) is 9.38. The van der Waals surface area contributed by atoms with Gasteiger partial charge in [0.2, 0.25) is 0 Å². The molecule has 3 heterocycles. The van der Waals surface area contributed by atoms with E-state index in [1.54, 1.807) is 41.4 Å². The van der Waals surface area contributed by atoms with E-state index in [9.17, 15) is 22.5 Å². The van der Waals surface area contributed by atoms with Crippen LogP contribution in [0.2, 0.25) is 0 Å². The zero-order chi connectivity index (χ0) is 24.6. The molecule has 2 aromatic carbocycles. The first kappa shape index (κ1) is 23.4. The van der Waals surface area contributed by atoms with E-state index in [0.717, 1.165) is 11.1 Å². The van der Waals surface area contributed by atoms with Crippen LogP contribution in [-0.2, 0) is 15.9 Å². The third kappa shape index (κ3) is 4.77. The number of aromatic nitrogens is 1. The standard InChI is InChI=1S/C25H19F3N2O4S/c26-25(27,28)35(32)19-6-4-16(5-7-19)22-15-21-23(34-22)20(8-9-29-21)17-2-1-3-18(14-17)24(31)30-10-12-33-13-11-30/h1-9,14-15H,10-13H2. The predicted octanol–water partition coefficient (Wildman–Crippen LogP) is 5.26. The summed E-state index contributed by atoms with van der Waals surface area (Å²) in [6.07, 6.45) is 1.63. The summed E-state index contributed by atoms with van der Waals surface area (Å²) in [6.45, 7) is 2.11. The lowest BCUT2D eigenvalue weighted by Gasteiger charge is -2.27. The van der Waals surface area contributed by atoms with Gasteiger partial charge in [-0.2, -0.15) is 0 Å². The Bertz CT molecular complexity index is 1370. The van der Waals surface area contributed by atoms with Gasteiger partial charge in [0.1, 0.15) is 11.3 Å². The molecule has 4 aromatic rings. The van der Waals surface area contributed by atoms with Crippen LogP contribution in [0.1, 0.15) is 10.4 Å². The molecule has 35 heavy (non-hydrogen) atoms. The van der Waals surface area contributed by atoms with E-state index in [4.69, 9.17) is 9.15 Å². The molecular formula is C25H19F3N2O4S. The van der Waals surface area contributed by atoms with Gasteiger partial charge in [-0.1, -0.05) is 12.1 Å². The Kier molecular flexibility index (Phi) is 6.26. The maximum atomic E-state index is 12.9. The molecule has 0 bridgehead atoms. The zero-order valence-corrected chi connectivity index (χ0v) is 19.1. The van der Waals surface area contributed by atoms with Crippen LogP contribution in [0.25, 0.3) is 33.6 Å². The molecule has 1 atom stereocenters. The molecule has 0 saturated carbocycles. The summed E-state index contributed by atoms with van der Waals surface area (Å²) in [5.41, 5.74) is -1.20. The van der Waals surface area contributed by atoms with Crippen LogP contribution in [0, 0.1) is 0 Å². The molecule has 6 nitrogen and oxygen atoms in total. The average molecular weight is 500 g/mol. The number of halogens is 3. The van der Waals surface area contributed by atoms with E-state index in [0.29, 0.717) is 54.3 Å². The Hall–Kier alpha value is -3.34. The summed E-state index contributed by atoms with van der Waals surface area (Å²) in [5, 5.41) is 0. The normalized spacial score (nSPS) is 15.4. The summed E-state index contributed by atoms with van der Waals surface area (Å²) in [5.74, 6) is 0.335. The molecular weight excluding hydrogens is 481 g/mol. The average Bonchev–Trinajstić information content (AvgIpc) is 3.32. The van der Waals surface area contributed by atoms with Gasteiger partial charge in [0.05, 0.1) is 24.4 Å².